The van der Waals surface area contributed by atoms with Crippen LogP contribution in [0.3, 0.4) is 0 Å². The van der Waals surface area contributed by atoms with E-state index in [4.69, 9.17) is 0 Å². The Morgan fingerprint density at radius 2 is 0.950 bits per heavy atom. The van der Waals surface area contributed by atoms with Crippen LogP contribution in [0.5, 0.6) is 0 Å². The molecule has 2 unspecified atom stereocenters. The van der Waals surface area contributed by atoms with E-state index in [-0.39, 0.29) is 0 Å². The van der Waals surface area contributed by atoms with Crippen LogP contribution in [-0.4, -0.2) is 36.8 Å². The van der Waals surface area contributed by atoms with Gasteiger partial charge in [-0.2, -0.15) is 43.9 Å². The van der Waals surface area contributed by atoms with Crippen molar-refractivity contribution in [1.29, 1.82) is 0 Å². The molecule has 12 heteroatoms. The molecule has 4 atom stereocenters. The highest BCUT2D eigenvalue weighted by Crippen LogP contribution is 2.62. The molecule has 2 fully saturated rings. The summed E-state index contributed by atoms with van der Waals surface area (Å²) in [5.74, 6) is -6.94. The van der Waals surface area contributed by atoms with Gasteiger partial charge in [0.15, 0.2) is 12.2 Å². The Kier molecular flexibility index (Phi) is 3.04. The van der Waals surface area contributed by atoms with E-state index in [9.17, 15) is 43.9 Å². The second-order valence-electron chi connectivity index (χ2n) is 4.34. The Balaban J connectivity index is 2.50. The van der Waals surface area contributed by atoms with Crippen molar-refractivity contribution in [3.8, 4) is 0 Å². The van der Waals surface area contributed by atoms with Crippen LogP contribution in [0.4, 0.5) is 43.9 Å². The van der Waals surface area contributed by atoms with Gasteiger partial charge in [0.2, 0.25) is 0 Å². The van der Waals surface area contributed by atoms with Crippen LogP contribution in [0.2, 0.25) is 0 Å². The van der Waals surface area contributed by atoms with E-state index < -0.39 is 48.6 Å². The van der Waals surface area contributed by atoms with Crippen LogP contribution in [0, 0.1) is 11.8 Å². The number of hydrogen-bond donors (Lipinski definition) is 0. The van der Waals surface area contributed by atoms with E-state index >= 15 is 0 Å². The van der Waals surface area contributed by atoms with Crippen molar-refractivity contribution >= 4 is 0 Å². The molecule has 0 amide bonds. The maximum atomic E-state index is 13.1. The van der Waals surface area contributed by atoms with Gasteiger partial charge in [0.25, 0.3) is 0 Å². The first kappa shape index (κ1) is 15.6. The summed E-state index contributed by atoms with van der Waals surface area (Å²) in [6.07, 6.45) is -28.9. The predicted octanol–water partition coefficient (Wildman–Crippen LogP) is 3.33. The van der Waals surface area contributed by atoms with Crippen LogP contribution in [0.25, 0.3) is 0 Å². The van der Waals surface area contributed by atoms with E-state index in [0.29, 0.717) is 0 Å². The van der Waals surface area contributed by atoms with Gasteiger partial charge in [0, 0.05) is 0 Å². The van der Waals surface area contributed by atoms with E-state index in [1.807, 2.05) is 0 Å². The lowest BCUT2D eigenvalue weighted by atomic mass is 9.87. The molecule has 0 saturated carbocycles. The number of hydrogen-bond acceptors (Lipinski definition) is 2. The highest BCUT2D eigenvalue weighted by Gasteiger charge is 2.81. The second-order valence-corrected chi connectivity index (χ2v) is 4.34. The van der Waals surface area contributed by atoms with Gasteiger partial charge in [-0.15, -0.1) is 0 Å². The van der Waals surface area contributed by atoms with Gasteiger partial charge < -0.3 is 4.74 Å². The number of alkyl halides is 10. The molecule has 0 N–H and O–H groups in total. The van der Waals surface area contributed by atoms with E-state index in [2.05, 4.69) is 9.47 Å². The van der Waals surface area contributed by atoms with E-state index in [1.54, 1.807) is 0 Å². The fraction of sp³-hybridized carbons (Fsp3) is 1.00. The fourth-order valence-corrected chi connectivity index (χ4v) is 2.35. The summed E-state index contributed by atoms with van der Waals surface area (Å²) in [6, 6.07) is 0. The summed E-state index contributed by atoms with van der Waals surface area (Å²) in [5, 5.41) is 0. The standard InChI is InChI=1S/C8H4F10O2/c9-5(10,11)3-1-2(4(19-3)6(12,13)14)8(17,18)20-7(1,15)16/h1-4H/t1?,2?,3-,4+. The molecular weight excluding hydrogens is 318 g/mol. The van der Waals surface area contributed by atoms with Crippen molar-refractivity contribution in [3.63, 3.8) is 0 Å². The minimum absolute atomic E-state index is 2.81. The zero-order valence-electron chi connectivity index (χ0n) is 8.91. The number of fused-ring (bicyclic) bond motifs is 1. The molecule has 20 heavy (non-hydrogen) atoms. The molecular formula is C8H4F10O2. The largest absolute Gasteiger partial charge is 0.415 e. The Hall–Kier alpha value is -0.780. The maximum absolute atomic E-state index is 13.1. The Morgan fingerprint density at radius 1 is 0.650 bits per heavy atom. The van der Waals surface area contributed by atoms with E-state index in [0.717, 1.165) is 0 Å². The molecule has 2 aliphatic rings. The molecule has 2 heterocycles. The third-order valence-corrected chi connectivity index (χ3v) is 3.03. The van der Waals surface area contributed by atoms with Gasteiger partial charge in [-0.1, -0.05) is 0 Å². The van der Waals surface area contributed by atoms with Crippen molar-refractivity contribution in [3.05, 3.63) is 0 Å². The summed E-state index contributed by atoms with van der Waals surface area (Å²) >= 11 is 0. The molecule has 0 aromatic rings. The van der Waals surface area contributed by atoms with Gasteiger partial charge in [-0.05, 0) is 0 Å². The molecule has 0 bridgehead atoms. The molecule has 2 rings (SSSR count). The molecule has 0 spiro atoms. The van der Waals surface area contributed by atoms with Crippen LogP contribution < -0.4 is 0 Å². The molecule has 2 saturated heterocycles. The second kappa shape index (κ2) is 3.90. The summed E-state index contributed by atoms with van der Waals surface area (Å²) in [4.78, 5) is 0. The number of halogens is 10. The molecule has 118 valence electrons. The first-order valence-electron chi connectivity index (χ1n) is 4.92. The van der Waals surface area contributed by atoms with Crippen LogP contribution in [0.1, 0.15) is 0 Å². The summed E-state index contributed by atoms with van der Waals surface area (Å²) in [6.45, 7) is 0. The Bertz CT molecular complexity index is 363. The average Bonchev–Trinajstić information content (AvgIpc) is 2.60. The van der Waals surface area contributed by atoms with Crippen molar-refractivity contribution < 1.29 is 53.4 Å². The van der Waals surface area contributed by atoms with Gasteiger partial charge >= 0.3 is 24.6 Å². The first-order valence-corrected chi connectivity index (χ1v) is 4.92. The molecule has 0 aliphatic carbocycles. The zero-order valence-corrected chi connectivity index (χ0v) is 8.91. The minimum atomic E-state index is -5.67. The van der Waals surface area contributed by atoms with Gasteiger partial charge in [-0.25, -0.2) is 0 Å². The zero-order chi connectivity index (χ0) is 15.7. The smallest absolute Gasteiger partial charge is 0.355 e. The quantitative estimate of drug-likeness (QED) is 0.637. The summed E-state index contributed by atoms with van der Waals surface area (Å²) in [5.41, 5.74) is 0. The topological polar surface area (TPSA) is 18.5 Å². The first-order chi connectivity index (χ1) is 8.68. The van der Waals surface area contributed by atoms with Crippen LogP contribution in [0.15, 0.2) is 0 Å². The van der Waals surface area contributed by atoms with Crippen molar-refractivity contribution in [2.75, 3.05) is 0 Å². The Morgan fingerprint density at radius 3 is 1.20 bits per heavy atom. The lowest BCUT2D eigenvalue weighted by molar-refractivity contribution is -0.374. The lowest BCUT2D eigenvalue weighted by Gasteiger charge is -2.25. The van der Waals surface area contributed by atoms with Gasteiger partial charge in [0.1, 0.15) is 0 Å². The van der Waals surface area contributed by atoms with Crippen LogP contribution >= 0.6 is 0 Å². The number of rotatable bonds is 0. The normalized spacial score (nSPS) is 39.9. The van der Waals surface area contributed by atoms with Crippen molar-refractivity contribution in [2.24, 2.45) is 11.8 Å². The third kappa shape index (κ3) is 2.22. The highest BCUT2D eigenvalue weighted by atomic mass is 19.4. The fourth-order valence-electron chi connectivity index (χ4n) is 2.35. The highest BCUT2D eigenvalue weighted by molar-refractivity contribution is 5.06. The third-order valence-electron chi connectivity index (χ3n) is 3.03. The SMILES string of the molecule is FC1(F)OC(F)(F)C2C1[C@H](C(F)(F)F)O[C@@H]2C(F)(F)F. The number of ether oxygens (including phenoxy) is 2. The van der Waals surface area contributed by atoms with Gasteiger partial charge in [-0.3, -0.25) is 4.74 Å². The minimum Gasteiger partial charge on any atom is -0.355 e. The molecule has 0 aromatic heterocycles. The summed E-state index contributed by atoms with van der Waals surface area (Å²) in [7, 11) is 0. The maximum Gasteiger partial charge on any atom is 0.415 e. The molecule has 2 aliphatic heterocycles. The average molecular weight is 322 g/mol. The predicted molar refractivity (Wildman–Crippen MR) is 38.7 cm³/mol. The monoisotopic (exact) mass is 322 g/mol. The molecule has 0 aromatic carbocycles. The lowest BCUT2D eigenvalue weighted by Crippen LogP contribution is -2.43. The Labute approximate surface area is 103 Å². The van der Waals surface area contributed by atoms with Crippen molar-refractivity contribution in [1.82, 2.24) is 0 Å². The van der Waals surface area contributed by atoms with E-state index in [1.165, 1.54) is 0 Å². The van der Waals surface area contributed by atoms with Crippen molar-refractivity contribution in [2.45, 2.75) is 36.8 Å². The summed E-state index contributed by atoms with van der Waals surface area (Å²) < 4.78 is 133. The van der Waals surface area contributed by atoms with Gasteiger partial charge in [0.05, 0.1) is 11.8 Å². The van der Waals surface area contributed by atoms with Crippen LogP contribution in [-0.2, 0) is 9.47 Å². The molecule has 2 nitrogen and oxygen atoms in total. The molecule has 0 radical (unpaired) electrons.